The van der Waals surface area contributed by atoms with Crippen molar-refractivity contribution in [3.63, 3.8) is 0 Å². The number of rotatable bonds is 3. The first-order valence-corrected chi connectivity index (χ1v) is 5.27. The zero-order valence-corrected chi connectivity index (χ0v) is 8.94. The highest BCUT2D eigenvalue weighted by Crippen LogP contribution is 2.27. The van der Waals surface area contributed by atoms with Crippen LogP contribution in [0, 0.1) is 5.92 Å². The molecule has 0 atom stereocenters. The van der Waals surface area contributed by atoms with Crippen molar-refractivity contribution < 1.29 is 4.74 Å². The highest BCUT2D eigenvalue weighted by atomic mass is 35.5. The number of hydrogen-bond donors (Lipinski definition) is 1. The average molecular weight is 206 g/mol. The zero-order valence-electron chi connectivity index (χ0n) is 8.13. The summed E-state index contributed by atoms with van der Waals surface area (Å²) in [5.74, 6) is 0.903. The van der Waals surface area contributed by atoms with E-state index in [9.17, 15) is 0 Å². The Bertz CT molecular complexity index is 133. The van der Waals surface area contributed by atoms with Gasteiger partial charge >= 0.3 is 0 Å². The topological polar surface area (TPSA) is 21.3 Å². The molecule has 0 bridgehead atoms. The largest absolute Gasteiger partial charge is 0.378 e. The predicted octanol–water partition coefficient (Wildman–Crippen LogP) is 1.98. The van der Waals surface area contributed by atoms with Gasteiger partial charge in [0.2, 0.25) is 0 Å². The minimum atomic E-state index is 0. The van der Waals surface area contributed by atoms with Gasteiger partial charge < -0.3 is 10.1 Å². The molecule has 0 aromatic heterocycles. The number of nitrogens with one attached hydrogen (secondary N) is 1. The van der Waals surface area contributed by atoms with E-state index in [0.29, 0.717) is 6.10 Å². The van der Waals surface area contributed by atoms with Crippen LogP contribution in [0.25, 0.3) is 0 Å². The van der Waals surface area contributed by atoms with Crippen molar-refractivity contribution in [3.8, 4) is 0 Å². The molecule has 0 amide bonds. The molecule has 2 nitrogen and oxygen atoms in total. The molecule has 0 spiro atoms. The van der Waals surface area contributed by atoms with Crippen LogP contribution in [0.4, 0.5) is 0 Å². The van der Waals surface area contributed by atoms with E-state index in [1.165, 1.54) is 32.1 Å². The van der Waals surface area contributed by atoms with Crippen LogP contribution in [0.2, 0.25) is 0 Å². The van der Waals surface area contributed by atoms with Gasteiger partial charge in [0.05, 0.1) is 6.10 Å². The Kier molecular flexibility index (Phi) is 5.07. The molecule has 0 aromatic rings. The van der Waals surface area contributed by atoms with E-state index in [1.807, 2.05) is 0 Å². The zero-order chi connectivity index (χ0) is 8.23. The summed E-state index contributed by atoms with van der Waals surface area (Å²) in [5.41, 5.74) is 0. The van der Waals surface area contributed by atoms with Crippen molar-refractivity contribution in [2.75, 3.05) is 19.7 Å². The van der Waals surface area contributed by atoms with E-state index >= 15 is 0 Å². The molecule has 1 saturated carbocycles. The van der Waals surface area contributed by atoms with Crippen molar-refractivity contribution >= 4 is 12.4 Å². The van der Waals surface area contributed by atoms with E-state index in [4.69, 9.17) is 4.74 Å². The summed E-state index contributed by atoms with van der Waals surface area (Å²) < 4.78 is 5.85. The first-order valence-electron chi connectivity index (χ1n) is 5.27. The number of hydrogen-bond acceptors (Lipinski definition) is 2. The van der Waals surface area contributed by atoms with Crippen LogP contribution in [-0.4, -0.2) is 25.8 Å². The number of halogens is 1. The van der Waals surface area contributed by atoms with Gasteiger partial charge in [-0.2, -0.15) is 0 Å². The van der Waals surface area contributed by atoms with E-state index in [2.05, 4.69) is 5.32 Å². The lowest BCUT2D eigenvalue weighted by Crippen LogP contribution is -2.34. The molecule has 0 aromatic carbocycles. The van der Waals surface area contributed by atoms with Crippen LogP contribution in [0.15, 0.2) is 0 Å². The summed E-state index contributed by atoms with van der Waals surface area (Å²) >= 11 is 0. The molecule has 0 unspecified atom stereocenters. The van der Waals surface area contributed by atoms with Gasteiger partial charge in [0.15, 0.2) is 0 Å². The molecule has 3 heteroatoms. The highest BCUT2D eigenvalue weighted by Gasteiger charge is 2.20. The van der Waals surface area contributed by atoms with Crippen LogP contribution in [0.3, 0.4) is 0 Å². The van der Waals surface area contributed by atoms with Gasteiger partial charge in [0.1, 0.15) is 0 Å². The molecule has 1 heterocycles. The molecule has 2 aliphatic rings. The quantitative estimate of drug-likeness (QED) is 0.761. The van der Waals surface area contributed by atoms with Crippen LogP contribution in [-0.2, 0) is 4.74 Å². The molecule has 1 aliphatic heterocycles. The fraction of sp³-hybridized carbons (Fsp3) is 1.00. The van der Waals surface area contributed by atoms with Crippen molar-refractivity contribution in [1.29, 1.82) is 0 Å². The molecule has 78 valence electrons. The fourth-order valence-corrected chi connectivity index (χ4v) is 1.89. The summed E-state index contributed by atoms with van der Waals surface area (Å²) in [7, 11) is 0. The summed E-state index contributed by atoms with van der Waals surface area (Å²) in [4.78, 5) is 0. The van der Waals surface area contributed by atoms with Crippen molar-refractivity contribution in [1.82, 2.24) is 5.32 Å². The molecule has 1 N–H and O–H groups in total. The van der Waals surface area contributed by atoms with Crippen LogP contribution < -0.4 is 5.32 Å². The molecular weight excluding hydrogens is 186 g/mol. The molecule has 1 saturated heterocycles. The van der Waals surface area contributed by atoms with Crippen molar-refractivity contribution in [2.45, 2.75) is 38.2 Å². The summed E-state index contributed by atoms with van der Waals surface area (Å²) in [6, 6.07) is 0. The smallest absolute Gasteiger partial charge is 0.0599 e. The lowest BCUT2D eigenvalue weighted by Gasteiger charge is -2.29. The maximum atomic E-state index is 5.85. The van der Waals surface area contributed by atoms with E-state index in [-0.39, 0.29) is 12.4 Å². The first kappa shape index (κ1) is 11.3. The third-order valence-electron chi connectivity index (χ3n) is 3.08. The SMILES string of the molecule is C1CC(COC2CCNCC2)C1.Cl. The van der Waals surface area contributed by atoms with Gasteiger partial charge in [-0.05, 0) is 44.7 Å². The number of ether oxygens (including phenoxy) is 1. The van der Waals surface area contributed by atoms with Gasteiger partial charge in [-0.3, -0.25) is 0 Å². The first-order chi connectivity index (χ1) is 5.95. The maximum Gasteiger partial charge on any atom is 0.0599 e. The Hall–Kier alpha value is 0.210. The number of piperidine rings is 1. The Morgan fingerprint density at radius 3 is 2.31 bits per heavy atom. The second-order valence-corrected chi connectivity index (χ2v) is 4.08. The second-order valence-electron chi connectivity index (χ2n) is 4.08. The van der Waals surface area contributed by atoms with Gasteiger partial charge in [0, 0.05) is 6.61 Å². The van der Waals surface area contributed by atoms with Gasteiger partial charge in [-0.25, -0.2) is 0 Å². The van der Waals surface area contributed by atoms with E-state index in [1.54, 1.807) is 0 Å². The third kappa shape index (κ3) is 3.45. The Labute approximate surface area is 86.8 Å². The lowest BCUT2D eigenvalue weighted by atomic mass is 9.86. The van der Waals surface area contributed by atoms with Crippen molar-refractivity contribution in [3.05, 3.63) is 0 Å². The molecule has 0 radical (unpaired) electrons. The van der Waals surface area contributed by atoms with E-state index < -0.39 is 0 Å². The predicted molar refractivity (Wildman–Crippen MR) is 56.4 cm³/mol. The van der Waals surface area contributed by atoms with Crippen LogP contribution in [0.1, 0.15) is 32.1 Å². The standard InChI is InChI=1S/C10H19NO.ClH/c1-2-9(3-1)8-12-10-4-6-11-7-5-10;/h9-11H,1-8H2;1H. The molecule has 2 rings (SSSR count). The minimum absolute atomic E-state index is 0. The minimum Gasteiger partial charge on any atom is -0.378 e. The Morgan fingerprint density at radius 2 is 1.77 bits per heavy atom. The fourth-order valence-electron chi connectivity index (χ4n) is 1.89. The summed E-state index contributed by atoms with van der Waals surface area (Å²) in [6.07, 6.45) is 7.24. The van der Waals surface area contributed by atoms with Gasteiger partial charge in [-0.1, -0.05) is 6.42 Å². The molecule has 13 heavy (non-hydrogen) atoms. The monoisotopic (exact) mass is 205 g/mol. The van der Waals surface area contributed by atoms with Gasteiger partial charge in [-0.15, -0.1) is 12.4 Å². The lowest BCUT2D eigenvalue weighted by molar-refractivity contribution is -0.00388. The summed E-state index contributed by atoms with van der Waals surface area (Å²) in [6.45, 7) is 3.33. The Morgan fingerprint density at radius 1 is 1.08 bits per heavy atom. The van der Waals surface area contributed by atoms with E-state index in [0.717, 1.165) is 25.6 Å². The van der Waals surface area contributed by atoms with Crippen LogP contribution in [0.5, 0.6) is 0 Å². The maximum absolute atomic E-state index is 5.85. The molecule has 1 aliphatic carbocycles. The normalized spacial score (nSPS) is 24.9. The average Bonchev–Trinajstić information content (AvgIpc) is 2.04. The highest BCUT2D eigenvalue weighted by molar-refractivity contribution is 5.85. The third-order valence-corrected chi connectivity index (χ3v) is 3.08. The van der Waals surface area contributed by atoms with Gasteiger partial charge in [0.25, 0.3) is 0 Å². The second kappa shape index (κ2) is 5.84. The van der Waals surface area contributed by atoms with Crippen molar-refractivity contribution in [2.24, 2.45) is 5.92 Å². The molecule has 2 fully saturated rings. The Balaban J connectivity index is 0.000000845. The molecular formula is C10H20ClNO. The summed E-state index contributed by atoms with van der Waals surface area (Å²) in [5, 5.41) is 3.35. The van der Waals surface area contributed by atoms with Crippen LogP contribution >= 0.6 is 12.4 Å².